The Morgan fingerprint density at radius 2 is 1.29 bits per heavy atom. The third-order valence-electron chi connectivity index (χ3n) is 9.85. The minimum Gasteiger partial charge on any atom is -0.507 e. The Bertz CT molecular complexity index is 3830. The number of nitrogens with two attached hydrogens (primary N) is 1. The predicted octanol–water partition coefficient (Wildman–Crippen LogP) is 6.53. The lowest BCUT2D eigenvalue weighted by Gasteiger charge is -2.13. The molecule has 358 valence electrons. The maximum absolute atomic E-state index is 13.3. The van der Waals surface area contributed by atoms with Crippen LogP contribution in [0.3, 0.4) is 0 Å². The molecule has 26 nitrogen and oxygen atoms in total. The van der Waals surface area contributed by atoms with E-state index in [4.69, 9.17) is 22.1 Å². The molecule has 0 radical (unpaired) electrons. The lowest BCUT2D eigenvalue weighted by Crippen LogP contribution is -2.35. The highest BCUT2D eigenvalue weighted by molar-refractivity contribution is 7.86. The molecule has 2 amide bonds. The van der Waals surface area contributed by atoms with E-state index in [1.54, 1.807) is 0 Å². The number of azo groups is 3. The van der Waals surface area contributed by atoms with Gasteiger partial charge in [-0.25, -0.2) is 0 Å². The Labute approximate surface area is 392 Å². The Morgan fingerprint density at radius 1 is 0.681 bits per heavy atom. The number of hydrogen-bond acceptors (Lipinski definition) is 20. The monoisotopic (exact) mass is 1050 g/mol. The van der Waals surface area contributed by atoms with Crippen LogP contribution >= 0.6 is 11.6 Å². The van der Waals surface area contributed by atoms with Gasteiger partial charge in [-0.05, 0) is 79.2 Å². The van der Waals surface area contributed by atoms with Crippen LogP contribution in [0, 0.1) is 6.92 Å². The molecule has 8 N–H and O–H groups in total. The normalized spacial score (nSPS) is 15.1. The Balaban J connectivity index is 1.22. The second-order valence-corrected chi connectivity index (χ2v) is 20.2. The van der Waals surface area contributed by atoms with Crippen LogP contribution in [0.5, 0.6) is 17.2 Å². The number of hydrogen-bond donors (Lipinski definition) is 7. The molecule has 7 rings (SSSR count). The van der Waals surface area contributed by atoms with Gasteiger partial charge in [-0.3, -0.25) is 27.8 Å². The minimum atomic E-state index is -5.24. The summed E-state index contributed by atoms with van der Waals surface area (Å²) in [6, 6.07) is 11.4. The number of halogens is 1. The lowest BCUT2D eigenvalue weighted by molar-refractivity contribution is -0.118. The van der Waals surface area contributed by atoms with Crippen LogP contribution in [-0.4, -0.2) is 92.8 Å². The van der Waals surface area contributed by atoms with Crippen molar-refractivity contribution in [2.75, 3.05) is 12.1 Å². The highest BCUT2D eigenvalue weighted by Gasteiger charge is 2.40. The minimum absolute atomic E-state index is 0.0476. The summed E-state index contributed by atoms with van der Waals surface area (Å²) in [5, 5.41) is 48.8. The molecule has 69 heavy (non-hydrogen) atoms. The summed E-state index contributed by atoms with van der Waals surface area (Å²) in [5.41, 5.74) is 3.77. The van der Waals surface area contributed by atoms with Crippen LogP contribution in [0.15, 0.2) is 134 Å². The van der Waals surface area contributed by atoms with E-state index in [-0.39, 0.29) is 60.9 Å². The SMILES string of the molecule is COc1cc(/N=N/c2ccc(S(=O)(=O)O)c3cc(S(=O)(=O)O)cc(O)c23)c(C)cc1/N=N/c1c(S(=O)(=O)O)cc2c(Cl)c(/N=N/C3C(=O)N(c4ccc(S(=O)(=O)O)cc4)N=C3C(N)=O)ccc2c1O. The van der Waals surface area contributed by atoms with Gasteiger partial charge in [0.1, 0.15) is 38.4 Å². The molecule has 0 saturated heterocycles. The van der Waals surface area contributed by atoms with E-state index in [0.29, 0.717) is 17.1 Å². The number of aromatic hydroxyl groups is 2. The third-order valence-corrected chi connectivity index (χ3v) is 13.7. The number of benzene rings is 6. The summed E-state index contributed by atoms with van der Waals surface area (Å²) < 4.78 is 140. The zero-order valence-corrected chi connectivity index (χ0v) is 38.4. The largest absolute Gasteiger partial charge is 0.507 e. The first-order valence-corrected chi connectivity index (χ1v) is 24.7. The summed E-state index contributed by atoms with van der Waals surface area (Å²) in [5.74, 6) is -3.96. The first-order valence-electron chi connectivity index (χ1n) is 18.5. The number of carbonyl (C=O) groups excluding carboxylic acids is 2. The molecule has 0 saturated carbocycles. The summed E-state index contributed by atoms with van der Waals surface area (Å²) in [4.78, 5) is 22.4. The standard InChI is InChI=1S/C38H28ClN9O17S4/c1-16-11-26(28(65-2)15-25(16)43-41-23-9-10-29(68(59,60)61)22-12-19(67(56,57)58)13-27(49)31(22)23)44-45-33-30(69(62,63)64)14-21-20(36(33)50)7-8-24(32(21)39)42-46-35-34(37(40)51)47-48(38(35)52)17-3-5-18(6-4-17)66(53,54)55/h3-15,35,49-50H,1-2H3,(H2,40,51)(H,53,54,55)(H,56,57,58)(H,59,60,61)(H,62,63,64)/b43-41+,45-44+,46-42+. The number of nitrogens with zero attached hydrogens (tertiary/aromatic N) is 8. The number of fused-ring (bicyclic) bond motifs is 2. The van der Waals surface area contributed by atoms with Crippen molar-refractivity contribution in [1.29, 1.82) is 0 Å². The quantitative estimate of drug-likeness (QED) is 0.0477. The van der Waals surface area contributed by atoms with Crippen LogP contribution < -0.4 is 15.5 Å². The van der Waals surface area contributed by atoms with Crippen molar-refractivity contribution in [3.63, 3.8) is 0 Å². The second kappa shape index (κ2) is 17.9. The third kappa shape index (κ3) is 9.81. The molecule has 1 aliphatic rings. The van der Waals surface area contributed by atoms with Gasteiger partial charge in [0.05, 0.1) is 44.4 Å². The zero-order chi connectivity index (χ0) is 50.7. The van der Waals surface area contributed by atoms with Gasteiger partial charge in [0.15, 0.2) is 11.5 Å². The first kappa shape index (κ1) is 49.5. The van der Waals surface area contributed by atoms with Crippen LogP contribution in [0.25, 0.3) is 21.5 Å². The number of rotatable bonds is 13. The van der Waals surface area contributed by atoms with Gasteiger partial charge >= 0.3 is 0 Å². The van der Waals surface area contributed by atoms with Gasteiger partial charge in [-0.2, -0.15) is 59.1 Å². The van der Waals surface area contributed by atoms with Gasteiger partial charge in [-0.1, -0.05) is 11.6 Å². The Hall–Kier alpha value is -7.42. The molecule has 6 aromatic carbocycles. The average Bonchev–Trinajstić information content (AvgIpc) is 3.59. The molecular weight excluding hydrogens is 1020 g/mol. The molecular formula is C38H28ClN9O17S4. The van der Waals surface area contributed by atoms with E-state index >= 15 is 0 Å². The van der Waals surface area contributed by atoms with E-state index in [1.165, 1.54) is 38.3 Å². The fourth-order valence-electron chi connectivity index (χ4n) is 6.61. The topological polar surface area (TPSA) is 417 Å². The molecule has 0 aliphatic carbocycles. The van der Waals surface area contributed by atoms with Crippen molar-refractivity contribution in [2.24, 2.45) is 41.5 Å². The number of methoxy groups -OCH3 is 1. The fraction of sp³-hybridized carbons (Fsp3) is 0.0789. The molecule has 6 aromatic rings. The molecule has 1 unspecified atom stereocenters. The number of aryl methyl sites for hydroxylation is 1. The molecule has 0 aromatic heterocycles. The van der Waals surface area contributed by atoms with Gasteiger partial charge in [-0.15, -0.1) is 15.3 Å². The maximum Gasteiger partial charge on any atom is 0.296 e. The number of anilines is 1. The van der Waals surface area contributed by atoms with Crippen molar-refractivity contribution < 1.29 is 76.4 Å². The number of primary amides is 1. The van der Waals surface area contributed by atoms with Crippen molar-refractivity contribution in [2.45, 2.75) is 32.5 Å². The highest BCUT2D eigenvalue weighted by Crippen LogP contribution is 2.47. The number of carbonyl (C=O) groups is 2. The van der Waals surface area contributed by atoms with Crippen molar-refractivity contribution in [3.8, 4) is 17.2 Å². The van der Waals surface area contributed by atoms with E-state index in [1.807, 2.05) is 0 Å². The van der Waals surface area contributed by atoms with E-state index in [2.05, 4.69) is 35.8 Å². The van der Waals surface area contributed by atoms with Crippen molar-refractivity contribution in [1.82, 2.24) is 0 Å². The molecule has 1 atom stereocenters. The van der Waals surface area contributed by atoms with Gasteiger partial charge in [0.2, 0.25) is 6.04 Å². The number of phenols is 2. The molecule has 1 heterocycles. The van der Waals surface area contributed by atoms with Crippen LogP contribution in [0.1, 0.15) is 5.56 Å². The summed E-state index contributed by atoms with van der Waals surface area (Å²) in [6.07, 6.45) is 0. The van der Waals surface area contributed by atoms with Crippen LogP contribution in [0.2, 0.25) is 5.02 Å². The molecule has 1 aliphatic heterocycles. The molecule has 31 heteroatoms. The van der Waals surface area contributed by atoms with Gasteiger partial charge in [0.25, 0.3) is 52.3 Å². The molecule has 0 spiro atoms. The summed E-state index contributed by atoms with van der Waals surface area (Å²) in [7, 11) is -18.6. The summed E-state index contributed by atoms with van der Waals surface area (Å²) >= 11 is 6.59. The zero-order valence-electron chi connectivity index (χ0n) is 34.4. The second-order valence-electron chi connectivity index (χ2n) is 14.2. The van der Waals surface area contributed by atoms with Crippen LogP contribution in [-0.2, 0) is 50.1 Å². The number of ether oxygens (including phenoxy) is 1. The predicted molar refractivity (Wildman–Crippen MR) is 240 cm³/mol. The van der Waals surface area contributed by atoms with Crippen molar-refractivity contribution >= 4 is 125 Å². The smallest absolute Gasteiger partial charge is 0.296 e. The molecule has 0 bridgehead atoms. The van der Waals surface area contributed by atoms with Gasteiger partial charge < -0.3 is 20.7 Å². The highest BCUT2D eigenvalue weighted by atomic mass is 35.5. The lowest BCUT2D eigenvalue weighted by atomic mass is 10.1. The summed E-state index contributed by atoms with van der Waals surface area (Å²) in [6.45, 7) is 1.50. The molecule has 0 fully saturated rings. The van der Waals surface area contributed by atoms with E-state index in [0.717, 1.165) is 42.5 Å². The number of amides is 2. The van der Waals surface area contributed by atoms with Gasteiger partial charge in [0, 0.05) is 28.3 Å². The Morgan fingerprint density at radius 3 is 1.88 bits per heavy atom. The Kier molecular flexibility index (Phi) is 12.8. The fourth-order valence-corrected chi connectivity index (χ4v) is 9.20. The van der Waals surface area contributed by atoms with E-state index < -0.39 is 106 Å². The van der Waals surface area contributed by atoms with Crippen LogP contribution in [0.4, 0.5) is 34.1 Å². The van der Waals surface area contributed by atoms with E-state index in [9.17, 15) is 71.7 Å². The first-order chi connectivity index (χ1) is 32.1. The number of hydrazone groups is 1. The maximum atomic E-state index is 13.3. The number of phenolic OH excluding ortho intramolecular Hbond substituents is 2. The van der Waals surface area contributed by atoms with Crippen molar-refractivity contribution in [3.05, 3.63) is 89.4 Å². The average molecular weight is 1050 g/mol.